The number of anilines is 1. The normalized spacial score (nSPS) is 17.7. The zero-order chi connectivity index (χ0) is 15.5. The Morgan fingerprint density at radius 1 is 1.33 bits per heavy atom. The summed E-state index contributed by atoms with van der Waals surface area (Å²) < 4.78 is 0. The monoisotopic (exact) mass is 309 g/mol. The predicted molar refractivity (Wildman–Crippen MR) is 87.7 cm³/mol. The molecular weight excluding hydrogens is 286 g/mol. The molecule has 0 heterocycles. The van der Waals surface area contributed by atoms with Crippen molar-refractivity contribution in [3.8, 4) is 0 Å². The summed E-state index contributed by atoms with van der Waals surface area (Å²) in [6.45, 7) is 0.668. The highest BCUT2D eigenvalue weighted by atomic mass is 35.5. The maximum absolute atomic E-state index is 12.3. The number of likely N-dealkylation sites (N-methyl/N-ethyl adjacent to an activating group) is 1. The molecule has 0 unspecified atom stereocenters. The molecule has 1 saturated carbocycles. The Balaban J connectivity index is 2.03. The molecule has 116 valence electrons. The minimum Gasteiger partial charge on any atom is -0.398 e. The molecule has 0 radical (unpaired) electrons. The first-order valence-corrected chi connectivity index (χ1v) is 7.83. The molecule has 1 fully saturated rings. The number of benzene rings is 1. The van der Waals surface area contributed by atoms with Crippen molar-refractivity contribution in [3.05, 3.63) is 28.8 Å². The molecule has 0 bridgehead atoms. The number of carbonyl (C=O) groups is 1. The molecule has 5 heteroatoms. The van der Waals surface area contributed by atoms with Crippen LogP contribution >= 0.6 is 11.6 Å². The van der Waals surface area contributed by atoms with Gasteiger partial charge in [-0.3, -0.25) is 4.79 Å². The van der Waals surface area contributed by atoms with E-state index in [-0.39, 0.29) is 11.4 Å². The average Bonchev–Trinajstić information content (AvgIpc) is 2.48. The van der Waals surface area contributed by atoms with Crippen molar-refractivity contribution < 1.29 is 4.79 Å². The molecule has 1 aromatic rings. The number of carbonyl (C=O) groups excluding carboxylic acids is 1. The molecule has 0 spiro atoms. The maximum Gasteiger partial charge on any atom is 0.251 e. The van der Waals surface area contributed by atoms with Gasteiger partial charge in [0.2, 0.25) is 0 Å². The summed E-state index contributed by atoms with van der Waals surface area (Å²) in [5.74, 6) is -0.0924. The molecule has 4 nitrogen and oxygen atoms in total. The number of nitrogens with two attached hydrogens (primary N) is 1. The SMILES string of the molecule is CN(C)C1(CNC(=O)c2ccc(Cl)c(N)c2)CCCCC1. The van der Waals surface area contributed by atoms with Crippen LogP contribution in [-0.4, -0.2) is 37.0 Å². The van der Waals surface area contributed by atoms with Gasteiger partial charge in [-0.05, 0) is 45.1 Å². The fourth-order valence-electron chi connectivity index (χ4n) is 3.02. The summed E-state index contributed by atoms with van der Waals surface area (Å²) in [6.07, 6.45) is 5.99. The second kappa shape index (κ2) is 6.67. The Bertz CT molecular complexity index is 510. The fourth-order valence-corrected chi connectivity index (χ4v) is 3.14. The van der Waals surface area contributed by atoms with E-state index >= 15 is 0 Å². The van der Waals surface area contributed by atoms with Crippen molar-refractivity contribution in [3.63, 3.8) is 0 Å². The summed E-state index contributed by atoms with van der Waals surface area (Å²) >= 11 is 5.88. The highest BCUT2D eigenvalue weighted by molar-refractivity contribution is 6.33. The van der Waals surface area contributed by atoms with E-state index in [0.29, 0.717) is 22.8 Å². The Hall–Kier alpha value is -1.26. The fraction of sp³-hybridized carbons (Fsp3) is 0.562. The van der Waals surface area contributed by atoms with Crippen LogP contribution in [0.5, 0.6) is 0 Å². The lowest BCUT2D eigenvalue weighted by Gasteiger charge is -2.43. The number of nitrogens with one attached hydrogen (secondary N) is 1. The smallest absolute Gasteiger partial charge is 0.251 e. The Morgan fingerprint density at radius 2 is 2.00 bits per heavy atom. The number of halogens is 1. The lowest BCUT2D eigenvalue weighted by atomic mass is 9.80. The van der Waals surface area contributed by atoms with E-state index in [0.717, 1.165) is 12.8 Å². The van der Waals surface area contributed by atoms with Gasteiger partial charge in [-0.1, -0.05) is 30.9 Å². The van der Waals surface area contributed by atoms with Crippen LogP contribution in [0.4, 0.5) is 5.69 Å². The highest BCUT2D eigenvalue weighted by Gasteiger charge is 2.34. The quantitative estimate of drug-likeness (QED) is 0.841. The Morgan fingerprint density at radius 3 is 2.57 bits per heavy atom. The second-order valence-electron chi connectivity index (χ2n) is 6.10. The Kier molecular flexibility index (Phi) is 5.12. The summed E-state index contributed by atoms with van der Waals surface area (Å²) in [5, 5.41) is 3.53. The van der Waals surface area contributed by atoms with Gasteiger partial charge in [0.15, 0.2) is 0 Å². The van der Waals surface area contributed by atoms with Gasteiger partial charge in [0, 0.05) is 17.6 Å². The number of rotatable bonds is 4. The Labute approximate surface area is 131 Å². The van der Waals surface area contributed by atoms with Crippen LogP contribution in [0.1, 0.15) is 42.5 Å². The van der Waals surface area contributed by atoms with Crippen LogP contribution < -0.4 is 11.1 Å². The lowest BCUT2D eigenvalue weighted by molar-refractivity contribution is 0.0799. The molecular formula is C16H24ClN3O. The number of amides is 1. The van der Waals surface area contributed by atoms with Gasteiger partial charge in [0.1, 0.15) is 0 Å². The van der Waals surface area contributed by atoms with Crippen LogP contribution in [-0.2, 0) is 0 Å². The number of nitrogens with zero attached hydrogens (tertiary/aromatic N) is 1. The van der Waals surface area contributed by atoms with E-state index < -0.39 is 0 Å². The van der Waals surface area contributed by atoms with E-state index in [1.807, 2.05) is 0 Å². The molecule has 21 heavy (non-hydrogen) atoms. The van der Waals surface area contributed by atoms with E-state index in [1.165, 1.54) is 19.3 Å². The lowest BCUT2D eigenvalue weighted by Crippen LogP contribution is -2.53. The van der Waals surface area contributed by atoms with E-state index in [4.69, 9.17) is 17.3 Å². The molecule has 0 aliphatic heterocycles. The molecule has 1 aliphatic rings. The first-order valence-electron chi connectivity index (χ1n) is 7.45. The zero-order valence-corrected chi connectivity index (χ0v) is 13.5. The summed E-state index contributed by atoms with van der Waals surface area (Å²) in [5.41, 5.74) is 6.82. The van der Waals surface area contributed by atoms with E-state index in [2.05, 4.69) is 24.3 Å². The average molecular weight is 310 g/mol. The minimum atomic E-state index is -0.0924. The molecule has 2 rings (SSSR count). The first-order chi connectivity index (χ1) is 9.94. The number of nitrogen functional groups attached to an aromatic ring is 1. The van der Waals surface area contributed by atoms with Crippen molar-refractivity contribution in [1.29, 1.82) is 0 Å². The van der Waals surface area contributed by atoms with Gasteiger partial charge in [-0.2, -0.15) is 0 Å². The van der Waals surface area contributed by atoms with E-state index in [1.54, 1.807) is 18.2 Å². The van der Waals surface area contributed by atoms with Crippen LogP contribution in [0.15, 0.2) is 18.2 Å². The molecule has 1 amide bonds. The molecule has 1 aromatic carbocycles. The van der Waals surface area contributed by atoms with Gasteiger partial charge < -0.3 is 16.0 Å². The molecule has 1 aliphatic carbocycles. The van der Waals surface area contributed by atoms with Gasteiger partial charge in [0.25, 0.3) is 5.91 Å². The van der Waals surface area contributed by atoms with Gasteiger partial charge in [-0.25, -0.2) is 0 Å². The maximum atomic E-state index is 12.3. The third-order valence-electron chi connectivity index (χ3n) is 4.57. The van der Waals surface area contributed by atoms with Gasteiger partial charge in [-0.15, -0.1) is 0 Å². The second-order valence-corrected chi connectivity index (χ2v) is 6.51. The van der Waals surface area contributed by atoms with Crippen molar-refractivity contribution in [2.45, 2.75) is 37.6 Å². The minimum absolute atomic E-state index is 0.0753. The van der Waals surface area contributed by atoms with E-state index in [9.17, 15) is 4.79 Å². The first kappa shape index (κ1) is 16.1. The van der Waals surface area contributed by atoms with Crippen LogP contribution in [0.25, 0.3) is 0 Å². The van der Waals surface area contributed by atoms with Crippen molar-refractivity contribution in [2.24, 2.45) is 0 Å². The standard InChI is InChI=1S/C16H24ClN3O/c1-20(2)16(8-4-3-5-9-16)11-19-15(21)12-6-7-13(17)14(18)10-12/h6-7,10H,3-5,8-9,11,18H2,1-2H3,(H,19,21). The molecule has 0 aromatic heterocycles. The van der Waals surface area contributed by atoms with Crippen molar-refractivity contribution in [1.82, 2.24) is 10.2 Å². The van der Waals surface area contributed by atoms with Gasteiger partial charge in [0.05, 0.1) is 10.7 Å². The number of hydrogen-bond acceptors (Lipinski definition) is 3. The molecule has 0 saturated heterocycles. The number of hydrogen-bond donors (Lipinski definition) is 2. The summed E-state index contributed by atoms with van der Waals surface area (Å²) in [4.78, 5) is 14.5. The van der Waals surface area contributed by atoms with Gasteiger partial charge >= 0.3 is 0 Å². The summed E-state index contributed by atoms with van der Waals surface area (Å²) in [7, 11) is 4.19. The largest absolute Gasteiger partial charge is 0.398 e. The van der Waals surface area contributed by atoms with Crippen LogP contribution in [0, 0.1) is 0 Å². The van der Waals surface area contributed by atoms with Crippen molar-refractivity contribution >= 4 is 23.2 Å². The topological polar surface area (TPSA) is 58.4 Å². The molecule has 3 N–H and O–H groups in total. The third-order valence-corrected chi connectivity index (χ3v) is 4.91. The van der Waals surface area contributed by atoms with Crippen LogP contribution in [0.2, 0.25) is 5.02 Å². The summed E-state index contributed by atoms with van der Waals surface area (Å²) in [6, 6.07) is 4.99. The predicted octanol–water partition coefficient (Wildman–Crippen LogP) is 2.92. The zero-order valence-electron chi connectivity index (χ0n) is 12.8. The molecule has 0 atom stereocenters. The van der Waals surface area contributed by atoms with Crippen LogP contribution in [0.3, 0.4) is 0 Å². The van der Waals surface area contributed by atoms with Crippen molar-refractivity contribution in [2.75, 3.05) is 26.4 Å². The third kappa shape index (κ3) is 3.69. The highest BCUT2D eigenvalue weighted by Crippen LogP contribution is 2.31.